The van der Waals surface area contributed by atoms with E-state index in [1.165, 1.54) is 66.1 Å². The van der Waals surface area contributed by atoms with E-state index in [1.54, 1.807) is 12.1 Å². The highest BCUT2D eigenvalue weighted by atomic mass is 19.1. The Bertz CT molecular complexity index is 1080. The maximum Gasteiger partial charge on any atom is 0.300 e. The topological polar surface area (TPSA) is 83.4 Å². The Morgan fingerprint density at radius 2 is 1.61 bits per heavy atom. The Kier molecular flexibility index (Phi) is 4.41. The number of ketones is 1. The number of nitrogens with zero attached hydrogens (tertiary/aromatic N) is 3. The Morgan fingerprint density at radius 1 is 0.964 bits per heavy atom. The van der Waals surface area contributed by atoms with Crippen LogP contribution in [0.1, 0.15) is 17.2 Å². The average Bonchev–Trinajstić information content (AvgIpc) is 3.00. The molecule has 1 aliphatic heterocycles. The zero-order chi connectivity index (χ0) is 19.7. The molecule has 28 heavy (non-hydrogen) atoms. The Morgan fingerprint density at radius 3 is 2.25 bits per heavy atom. The lowest BCUT2D eigenvalue weighted by Crippen LogP contribution is -2.29. The lowest BCUT2D eigenvalue weighted by Gasteiger charge is -2.25. The molecule has 2 aromatic heterocycles. The molecular formula is C21H14FN3O3. The summed E-state index contributed by atoms with van der Waals surface area (Å²) in [6.07, 6.45) is 5.99. The summed E-state index contributed by atoms with van der Waals surface area (Å²) in [5.74, 6) is -2.55. The highest BCUT2D eigenvalue weighted by Gasteiger charge is 2.47. The van der Waals surface area contributed by atoms with E-state index in [9.17, 15) is 19.1 Å². The van der Waals surface area contributed by atoms with Crippen molar-refractivity contribution in [2.45, 2.75) is 6.04 Å². The highest BCUT2D eigenvalue weighted by molar-refractivity contribution is 6.51. The van der Waals surface area contributed by atoms with Gasteiger partial charge in [-0.2, -0.15) is 0 Å². The van der Waals surface area contributed by atoms with Crippen LogP contribution in [0.15, 0.2) is 78.9 Å². The summed E-state index contributed by atoms with van der Waals surface area (Å²) in [7, 11) is 0. The van der Waals surface area contributed by atoms with Crippen LogP contribution >= 0.6 is 0 Å². The fourth-order valence-corrected chi connectivity index (χ4v) is 3.25. The van der Waals surface area contributed by atoms with Crippen molar-refractivity contribution in [2.75, 3.05) is 4.90 Å². The number of pyridine rings is 2. The van der Waals surface area contributed by atoms with E-state index in [2.05, 4.69) is 9.97 Å². The van der Waals surface area contributed by atoms with Crippen molar-refractivity contribution in [1.82, 2.24) is 9.97 Å². The van der Waals surface area contributed by atoms with Gasteiger partial charge in [0.2, 0.25) is 0 Å². The van der Waals surface area contributed by atoms with E-state index >= 15 is 0 Å². The standard InChI is InChI=1S/C21H14FN3O3/c22-15-2-1-3-16(12-15)25-18(13-4-8-23-9-5-13)17(20(27)21(25)28)19(26)14-6-10-24-11-7-14/h1-12,18,26H/b19-17+. The third-order valence-electron chi connectivity index (χ3n) is 4.51. The largest absolute Gasteiger partial charge is 0.507 e. The Balaban J connectivity index is 1.95. The molecule has 1 unspecified atom stereocenters. The van der Waals surface area contributed by atoms with E-state index in [-0.39, 0.29) is 17.0 Å². The number of aromatic nitrogens is 2. The molecule has 1 N–H and O–H groups in total. The Labute approximate surface area is 159 Å². The Hall–Kier alpha value is -3.87. The van der Waals surface area contributed by atoms with E-state index in [4.69, 9.17) is 0 Å². The maximum atomic E-state index is 13.8. The van der Waals surface area contributed by atoms with Gasteiger partial charge in [-0.05, 0) is 48.0 Å². The predicted octanol–water partition coefficient (Wildman–Crippen LogP) is 3.24. The second-order valence-corrected chi connectivity index (χ2v) is 6.17. The van der Waals surface area contributed by atoms with Gasteiger partial charge in [-0.3, -0.25) is 24.5 Å². The quantitative estimate of drug-likeness (QED) is 0.432. The van der Waals surface area contributed by atoms with Gasteiger partial charge < -0.3 is 5.11 Å². The number of carbonyl (C=O) groups excluding carboxylic acids is 2. The van der Waals surface area contributed by atoms with Crippen LogP contribution < -0.4 is 4.90 Å². The van der Waals surface area contributed by atoms with Crippen molar-refractivity contribution in [2.24, 2.45) is 0 Å². The van der Waals surface area contributed by atoms with E-state index < -0.39 is 23.5 Å². The third-order valence-corrected chi connectivity index (χ3v) is 4.51. The molecule has 1 aliphatic rings. The molecule has 0 bridgehead atoms. The number of amides is 1. The summed E-state index contributed by atoms with van der Waals surface area (Å²) in [4.78, 5) is 34.7. The van der Waals surface area contributed by atoms with E-state index in [1.807, 2.05) is 0 Å². The molecule has 138 valence electrons. The molecule has 1 atom stereocenters. The molecule has 1 saturated heterocycles. The number of Topliss-reactive ketones (excluding diaryl/α,β-unsaturated/α-hetero) is 1. The van der Waals surface area contributed by atoms with Crippen LogP contribution in [0.4, 0.5) is 10.1 Å². The van der Waals surface area contributed by atoms with Crippen LogP contribution in [0.3, 0.4) is 0 Å². The van der Waals surface area contributed by atoms with Crippen LogP contribution in [-0.2, 0) is 9.59 Å². The lowest BCUT2D eigenvalue weighted by atomic mass is 9.96. The van der Waals surface area contributed by atoms with E-state index in [0.29, 0.717) is 11.1 Å². The lowest BCUT2D eigenvalue weighted by molar-refractivity contribution is -0.132. The number of rotatable bonds is 3. The van der Waals surface area contributed by atoms with Crippen LogP contribution in [0, 0.1) is 5.82 Å². The molecule has 0 spiro atoms. The maximum absolute atomic E-state index is 13.8. The molecule has 6 nitrogen and oxygen atoms in total. The third kappa shape index (κ3) is 2.92. The predicted molar refractivity (Wildman–Crippen MR) is 99.7 cm³/mol. The van der Waals surface area contributed by atoms with Crippen molar-refractivity contribution in [3.8, 4) is 0 Å². The molecule has 4 rings (SSSR count). The van der Waals surface area contributed by atoms with Gasteiger partial charge in [0, 0.05) is 36.0 Å². The molecule has 3 heterocycles. The minimum absolute atomic E-state index is 0.0772. The minimum Gasteiger partial charge on any atom is -0.507 e. The number of benzene rings is 1. The van der Waals surface area contributed by atoms with Crippen LogP contribution in [0.25, 0.3) is 5.76 Å². The summed E-state index contributed by atoms with van der Waals surface area (Å²) in [5, 5.41) is 10.8. The van der Waals surface area contributed by atoms with Crippen LogP contribution in [-0.4, -0.2) is 26.8 Å². The van der Waals surface area contributed by atoms with Gasteiger partial charge in [0.15, 0.2) is 0 Å². The first-order valence-corrected chi connectivity index (χ1v) is 8.45. The van der Waals surface area contributed by atoms with Gasteiger partial charge in [-0.25, -0.2) is 4.39 Å². The molecule has 0 aliphatic carbocycles. The second kappa shape index (κ2) is 7.03. The molecule has 7 heteroatoms. The molecule has 1 fully saturated rings. The first-order chi connectivity index (χ1) is 13.6. The number of hydrogen-bond donors (Lipinski definition) is 1. The summed E-state index contributed by atoms with van der Waals surface area (Å²) >= 11 is 0. The van der Waals surface area contributed by atoms with Gasteiger partial charge in [-0.1, -0.05) is 6.07 Å². The molecular weight excluding hydrogens is 361 g/mol. The SMILES string of the molecule is O=C1C(=O)N(c2cccc(F)c2)C(c2ccncc2)/C1=C(\O)c1ccncc1. The minimum atomic E-state index is -0.919. The van der Waals surface area contributed by atoms with E-state index in [0.717, 1.165) is 0 Å². The number of hydrogen-bond acceptors (Lipinski definition) is 5. The number of aliphatic hydroxyl groups excluding tert-OH is 1. The van der Waals surface area contributed by atoms with Gasteiger partial charge in [0.1, 0.15) is 11.6 Å². The second-order valence-electron chi connectivity index (χ2n) is 6.17. The number of carbonyl (C=O) groups is 2. The van der Waals surface area contributed by atoms with Gasteiger partial charge in [-0.15, -0.1) is 0 Å². The van der Waals surface area contributed by atoms with Crippen molar-refractivity contribution < 1.29 is 19.1 Å². The van der Waals surface area contributed by atoms with Gasteiger partial charge in [0.05, 0.1) is 11.6 Å². The molecule has 1 aromatic carbocycles. The zero-order valence-electron chi connectivity index (χ0n) is 14.5. The fourth-order valence-electron chi connectivity index (χ4n) is 3.25. The summed E-state index contributed by atoms with van der Waals surface area (Å²) in [6, 6.07) is 10.8. The van der Waals surface area contributed by atoms with Crippen molar-refractivity contribution in [3.05, 3.63) is 95.8 Å². The molecule has 0 radical (unpaired) electrons. The van der Waals surface area contributed by atoms with Crippen molar-refractivity contribution in [1.29, 1.82) is 0 Å². The van der Waals surface area contributed by atoms with Crippen molar-refractivity contribution >= 4 is 23.1 Å². The number of anilines is 1. The summed E-state index contributed by atoms with van der Waals surface area (Å²) < 4.78 is 13.8. The first-order valence-electron chi connectivity index (χ1n) is 8.45. The van der Waals surface area contributed by atoms with Crippen molar-refractivity contribution in [3.63, 3.8) is 0 Å². The van der Waals surface area contributed by atoms with Gasteiger partial charge >= 0.3 is 0 Å². The number of aliphatic hydroxyl groups is 1. The smallest absolute Gasteiger partial charge is 0.300 e. The average molecular weight is 375 g/mol. The zero-order valence-corrected chi connectivity index (χ0v) is 14.5. The molecule has 3 aromatic rings. The normalized spacial score (nSPS) is 18.5. The van der Waals surface area contributed by atoms with Gasteiger partial charge in [0.25, 0.3) is 11.7 Å². The number of halogens is 1. The molecule has 0 saturated carbocycles. The van der Waals surface area contributed by atoms with Crippen LogP contribution in [0.5, 0.6) is 0 Å². The fraction of sp³-hybridized carbons (Fsp3) is 0.0476. The highest BCUT2D eigenvalue weighted by Crippen LogP contribution is 2.41. The molecule has 1 amide bonds. The monoisotopic (exact) mass is 375 g/mol. The first kappa shape index (κ1) is 17.5. The summed E-state index contributed by atoms with van der Waals surface area (Å²) in [5.41, 5.74) is 1.06. The summed E-state index contributed by atoms with van der Waals surface area (Å²) in [6.45, 7) is 0. The van der Waals surface area contributed by atoms with Crippen LogP contribution in [0.2, 0.25) is 0 Å².